The fraction of sp³-hybridized carbons (Fsp3) is 0. The van der Waals surface area contributed by atoms with Crippen LogP contribution in [0, 0.1) is 11.3 Å². The Bertz CT molecular complexity index is 1610. The van der Waals surface area contributed by atoms with E-state index in [1.54, 1.807) is 0 Å². The molecule has 2 heteroatoms. The van der Waals surface area contributed by atoms with E-state index in [2.05, 4.69) is 83.4 Å². The van der Waals surface area contributed by atoms with Gasteiger partial charge in [0.15, 0.2) is 0 Å². The number of nitrogens with zero attached hydrogens (tertiary/aromatic N) is 2. The predicted octanol–water partition coefficient (Wildman–Crippen LogP) is 6.96. The largest absolute Gasteiger partial charge is 0.307 e. The standard InChI is InChI=1S/C27H16N2/c28-17-21-10-4-6-12-25(21)29-26-16-20-9-2-1-8-19(20)15-24(26)23-14-13-18-7-3-5-11-22(18)27(23)29/h1-16H. The normalized spacial score (nSPS) is 11.4. The number of hydrogen-bond acceptors (Lipinski definition) is 1. The number of para-hydroxylation sites is 1. The van der Waals surface area contributed by atoms with Crippen LogP contribution in [-0.4, -0.2) is 4.57 Å². The van der Waals surface area contributed by atoms with E-state index in [0.717, 1.165) is 16.7 Å². The number of hydrogen-bond donors (Lipinski definition) is 0. The van der Waals surface area contributed by atoms with E-state index >= 15 is 0 Å². The first kappa shape index (κ1) is 15.9. The van der Waals surface area contributed by atoms with Crippen molar-refractivity contribution in [2.45, 2.75) is 0 Å². The molecule has 0 spiro atoms. The second-order valence-electron chi connectivity index (χ2n) is 7.36. The molecule has 0 aliphatic carbocycles. The van der Waals surface area contributed by atoms with Crippen molar-refractivity contribution >= 4 is 43.4 Å². The van der Waals surface area contributed by atoms with Gasteiger partial charge in [0.2, 0.25) is 0 Å². The SMILES string of the molecule is N#Cc1ccccc1-n1c2cc3ccccc3cc2c2ccc3ccccc3c21. The molecule has 0 fully saturated rings. The van der Waals surface area contributed by atoms with E-state index in [4.69, 9.17) is 0 Å². The van der Waals surface area contributed by atoms with Crippen LogP contribution in [0.15, 0.2) is 97.1 Å². The summed E-state index contributed by atoms with van der Waals surface area (Å²) in [5.74, 6) is 0. The molecule has 6 rings (SSSR count). The van der Waals surface area contributed by atoms with Crippen LogP contribution in [0.3, 0.4) is 0 Å². The summed E-state index contributed by atoms with van der Waals surface area (Å²) in [5, 5.41) is 17.0. The molecule has 5 aromatic carbocycles. The van der Waals surface area contributed by atoms with Crippen molar-refractivity contribution in [3.8, 4) is 11.8 Å². The molecule has 0 saturated carbocycles. The highest BCUT2D eigenvalue weighted by molar-refractivity contribution is 6.20. The predicted molar refractivity (Wildman–Crippen MR) is 121 cm³/mol. The average molecular weight is 368 g/mol. The van der Waals surface area contributed by atoms with E-state index < -0.39 is 0 Å². The zero-order chi connectivity index (χ0) is 19.4. The minimum atomic E-state index is 0.674. The van der Waals surface area contributed by atoms with Gasteiger partial charge in [0.05, 0.1) is 22.3 Å². The first-order valence-electron chi connectivity index (χ1n) is 9.69. The molecule has 134 valence electrons. The molecule has 0 atom stereocenters. The first-order chi connectivity index (χ1) is 14.3. The second-order valence-corrected chi connectivity index (χ2v) is 7.36. The van der Waals surface area contributed by atoms with Crippen LogP contribution in [0.4, 0.5) is 0 Å². The van der Waals surface area contributed by atoms with E-state index in [-0.39, 0.29) is 0 Å². The summed E-state index contributed by atoms with van der Waals surface area (Å²) >= 11 is 0. The number of rotatable bonds is 1. The van der Waals surface area contributed by atoms with Gasteiger partial charge in [-0.25, -0.2) is 0 Å². The minimum absolute atomic E-state index is 0.674. The van der Waals surface area contributed by atoms with E-state index in [0.29, 0.717) is 5.56 Å². The maximum absolute atomic E-state index is 9.78. The molecule has 0 unspecified atom stereocenters. The van der Waals surface area contributed by atoms with Crippen molar-refractivity contribution in [1.82, 2.24) is 4.57 Å². The fourth-order valence-electron chi connectivity index (χ4n) is 4.48. The van der Waals surface area contributed by atoms with Crippen LogP contribution >= 0.6 is 0 Å². The van der Waals surface area contributed by atoms with E-state index in [1.165, 1.54) is 32.3 Å². The lowest BCUT2D eigenvalue weighted by Gasteiger charge is -2.11. The summed E-state index contributed by atoms with van der Waals surface area (Å²) < 4.78 is 2.26. The molecular formula is C27H16N2. The molecule has 1 aromatic heterocycles. The summed E-state index contributed by atoms with van der Waals surface area (Å²) in [6, 6.07) is 36.0. The van der Waals surface area contributed by atoms with Crippen molar-refractivity contribution in [2.24, 2.45) is 0 Å². The zero-order valence-electron chi connectivity index (χ0n) is 15.6. The molecule has 0 aliphatic rings. The first-order valence-corrected chi connectivity index (χ1v) is 9.69. The quantitative estimate of drug-likeness (QED) is 0.308. The van der Waals surface area contributed by atoms with Crippen molar-refractivity contribution < 1.29 is 0 Å². The highest BCUT2D eigenvalue weighted by Gasteiger charge is 2.17. The van der Waals surface area contributed by atoms with Crippen LogP contribution in [0.25, 0.3) is 49.0 Å². The maximum atomic E-state index is 9.78. The summed E-state index contributed by atoms with van der Waals surface area (Å²) in [5.41, 5.74) is 3.86. The molecular weight excluding hydrogens is 352 g/mol. The molecule has 6 aromatic rings. The van der Waals surface area contributed by atoms with E-state index in [9.17, 15) is 5.26 Å². The summed E-state index contributed by atoms with van der Waals surface area (Å²) in [6.45, 7) is 0. The lowest BCUT2D eigenvalue weighted by atomic mass is 10.0. The van der Waals surface area contributed by atoms with Crippen LogP contribution in [-0.2, 0) is 0 Å². The fourth-order valence-corrected chi connectivity index (χ4v) is 4.48. The van der Waals surface area contributed by atoms with Gasteiger partial charge in [-0.05, 0) is 40.4 Å². The summed E-state index contributed by atoms with van der Waals surface area (Å²) in [6.07, 6.45) is 0. The molecule has 0 radical (unpaired) electrons. The van der Waals surface area contributed by atoms with Crippen molar-refractivity contribution in [2.75, 3.05) is 0 Å². The highest BCUT2D eigenvalue weighted by atomic mass is 15.0. The Kier molecular flexibility index (Phi) is 3.27. The number of fused-ring (bicyclic) bond motifs is 6. The van der Waals surface area contributed by atoms with Gasteiger partial charge in [0.1, 0.15) is 6.07 Å². The Morgan fingerprint density at radius 3 is 2.10 bits per heavy atom. The smallest absolute Gasteiger partial charge is 0.101 e. The Morgan fingerprint density at radius 1 is 0.586 bits per heavy atom. The topological polar surface area (TPSA) is 28.7 Å². The van der Waals surface area contributed by atoms with Gasteiger partial charge < -0.3 is 4.57 Å². The van der Waals surface area contributed by atoms with Crippen molar-refractivity contribution in [3.63, 3.8) is 0 Å². The lowest BCUT2D eigenvalue weighted by Crippen LogP contribution is -1.97. The Morgan fingerprint density at radius 2 is 1.28 bits per heavy atom. The van der Waals surface area contributed by atoms with Gasteiger partial charge in [0.25, 0.3) is 0 Å². The maximum Gasteiger partial charge on any atom is 0.101 e. The van der Waals surface area contributed by atoms with Crippen LogP contribution < -0.4 is 0 Å². The molecule has 0 bridgehead atoms. The number of aromatic nitrogens is 1. The van der Waals surface area contributed by atoms with Gasteiger partial charge >= 0.3 is 0 Å². The second kappa shape index (κ2) is 5.95. The van der Waals surface area contributed by atoms with Crippen molar-refractivity contribution in [1.29, 1.82) is 5.26 Å². The Hall–Kier alpha value is -4.09. The van der Waals surface area contributed by atoms with Crippen molar-refractivity contribution in [3.05, 3.63) is 103 Å². The number of benzene rings is 5. The summed E-state index contributed by atoms with van der Waals surface area (Å²) in [7, 11) is 0. The third kappa shape index (κ3) is 2.22. The van der Waals surface area contributed by atoms with Crippen LogP contribution in [0.5, 0.6) is 0 Å². The van der Waals surface area contributed by atoms with Crippen LogP contribution in [0.1, 0.15) is 5.56 Å². The van der Waals surface area contributed by atoms with E-state index in [1.807, 2.05) is 24.3 Å². The average Bonchev–Trinajstić information content (AvgIpc) is 3.11. The van der Waals surface area contributed by atoms with Gasteiger partial charge in [-0.1, -0.05) is 72.8 Å². The molecule has 0 aliphatic heterocycles. The molecule has 0 N–H and O–H groups in total. The Balaban J connectivity index is 1.93. The Labute approximate surface area is 167 Å². The minimum Gasteiger partial charge on any atom is -0.307 e. The third-order valence-corrected chi connectivity index (χ3v) is 5.78. The van der Waals surface area contributed by atoms with Gasteiger partial charge in [-0.15, -0.1) is 0 Å². The third-order valence-electron chi connectivity index (χ3n) is 5.78. The lowest BCUT2D eigenvalue weighted by molar-refractivity contribution is 1.17. The van der Waals surface area contributed by atoms with Gasteiger partial charge in [-0.3, -0.25) is 0 Å². The molecule has 29 heavy (non-hydrogen) atoms. The molecule has 0 amide bonds. The molecule has 2 nitrogen and oxygen atoms in total. The number of nitriles is 1. The molecule has 1 heterocycles. The van der Waals surface area contributed by atoms with Gasteiger partial charge in [0, 0.05) is 16.2 Å². The zero-order valence-corrected chi connectivity index (χ0v) is 15.6. The van der Waals surface area contributed by atoms with Crippen LogP contribution in [0.2, 0.25) is 0 Å². The molecule has 0 saturated heterocycles. The monoisotopic (exact) mass is 368 g/mol. The van der Waals surface area contributed by atoms with Gasteiger partial charge in [-0.2, -0.15) is 5.26 Å². The highest BCUT2D eigenvalue weighted by Crippen LogP contribution is 2.38. The summed E-state index contributed by atoms with van der Waals surface area (Å²) in [4.78, 5) is 0.